The summed E-state index contributed by atoms with van der Waals surface area (Å²) in [6.07, 6.45) is 2.91. The number of carbonyl (C=O) groups is 2. The number of ether oxygens (including phenoxy) is 3. The number of anilines is 1. The zero-order valence-electron chi connectivity index (χ0n) is 20.0. The second-order valence-electron chi connectivity index (χ2n) is 9.65. The van der Waals surface area contributed by atoms with Crippen LogP contribution in [0.4, 0.5) is 5.82 Å². The Labute approximate surface area is 206 Å². The minimum absolute atomic E-state index is 0.241. The molecule has 0 saturated carbocycles. The molecule has 2 amide bonds. The highest BCUT2D eigenvalue weighted by Gasteiger charge is 2.62. The molecule has 36 heavy (non-hydrogen) atoms. The number of imide groups is 1. The van der Waals surface area contributed by atoms with Crippen LogP contribution in [-0.4, -0.2) is 80.5 Å². The van der Waals surface area contributed by atoms with Crippen LogP contribution in [0, 0.1) is 0 Å². The van der Waals surface area contributed by atoms with Gasteiger partial charge in [0.05, 0.1) is 24.1 Å². The second kappa shape index (κ2) is 8.30. The van der Waals surface area contributed by atoms with Crippen LogP contribution >= 0.6 is 0 Å². The van der Waals surface area contributed by atoms with Gasteiger partial charge in [-0.2, -0.15) is 0 Å². The Balaban J connectivity index is 1.10. The van der Waals surface area contributed by atoms with E-state index in [2.05, 4.69) is 20.3 Å². The van der Waals surface area contributed by atoms with E-state index in [-0.39, 0.29) is 24.5 Å². The number of nitrogens with one attached hydrogen (secondary N) is 1. The van der Waals surface area contributed by atoms with Crippen LogP contribution in [0.25, 0.3) is 11.2 Å². The van der Waals surface area contributed by atoms with Crippen molar-refractivity contribution in [2.24, 2.45) is 0 Å². The van der Waals surface area contributed by atoms with Crippen molar-refractivity contribution < 1.29 is 23.8 Å². The summed E-state index contributed by atoms with van der Waals surface area (Å²) < 4.78 is 20.6. The van der Waals surface area contributed by atoms with Crippen LogP contribution in [0.2, 0.25) is 0 Å². The minimum Gasteiger partial charge on any atom is -0.382 e. The molecule has 0 unspecified atom stereocenters. The molecule has 2 saturated heterocycles. The van der Waals surface area contributed by atoms with E-state index in [0.717, 1.165) is 0 Å². The van der Waals surface area contributed by atoms with E-state index >= 15 is 0 Å². The summed E-state index contributed by atoms with van der Waals surface area (Å²) in [6.45, 7) is 5.40. The predicted octanol–water partition coefficient (Wildman–Crippen LogP) is 0.888. The topological polar surface area (TPSA) is 147 Å². The smallest absolute Gasteiger partial charge is 0.261 e. The van der Waals surface area contributed by atoms with Gasteiger partial charge in [-0.15, -0.1) is 0 Å². The fraction of sp³-hybridized carbons (Fsp3) is 0.458. The van der Waals surface area contributed by atoms with Gasteiger partial charge in [0.2, 0.25) is 5.72 Å². The van der Waals surface area contributed by atoms with Crippen molar-refractivity contribution >= 4 is 28.8 Å². The van der Waals surface area contributed by atoms with E-state index in [9.17, 15) is 9.59 Å². The first kappa shape index (κ1) is 23.0. The maximum absolute atomic E-state index is 12.5. The quantitative estimate of drug-likeness (QED) is 0.359. The number of nitrogens with two attached hydrogens (primary N) is 1. The van der Waals surface area contributed by atoms with Crippen LogP contribution in [0.1, 0.15) is 41.0 Å². The number of rotatable bonds is 7. The Hall–Kier alpha value is -3.45. The SMILES string of the molecule is CC1(C)O[C@@H]2[C@@H](CNCCCN3C(=O)c4ccccc4C3=O)OC[C@@]2(n2cnc3c(N)ncnc32)O1. The Bertz CT molecular complexity index is 1320. The first-order chi connectivity index (χ1) is 17.3. The van der Waals surface area contributed by atoms with Crippen LogP contribution < -0.4 is 11.1 Å². The summed E-state index contributed by atoms with van der Waals surface area (Å²) >= 11 is 0. The summed E-state index contributed by atoms with van der Waals surface area (Å²) in [6, 6.07) is 6.90. The molecule has 188 valence electrons. The lowest BCUT2D eigenvalue weighted by Gasteiger charge is -2.28. The summed E-state index contributed by atoms with van der Waals surface area (Å²) in [5.41, 5.74) is 7.00. The van der Waals surface area contributed by atoms with Crippen molar-refractivity contribution in [1.82, 2.24) is 29.7 Å². The third kappa shape index (κ3) is 3.48. The molecule has 3 aliphatic heterocycles. The molecule has 12 heteroatoms. The maximum Gasteiger partial charge on any atom is 0.261 e. The van der Waals surface area contributed by atoms with E-state index in [1.165, 1.54) is 11.2 Å². The van der Waals surface area contributed by atoms with Crippen molar-refractivity contribution in [3.8, 4) is 0 Å². The number of aromatic nitrogens is 4. The Morgan fingerprint density at radius 1 is 1.14 bits per heavy atom. The first-order valence-electron chi connectivity index (χ1n) is 11.9. The van der Waals surface area contributed by atoms with Crippen molar-refractivity contribution in [3.05, 3.63) is 48.0 Å². The van der Waals surface area contributed by atoms with Gasteiger partial charge in [0.15, 0.2) is 17.3 Å². The van der Waals surface area contributed by atoms with Gasteiger partial charge in [-0.1, -0.05) is 12.1 Å². The van der Waals surface area contributed by atoms with Crippen LogP contribution in [0.5, 0.6) is 0 Å². The summed E-state index contributed by atoms with van der Waals surface area (Å²) in [7, 11) is 0. The number of nitrogen functional groups attached to an aromatic ring is 1. The second-order valence-corrected chi connectivity index (χ2v) is 9.65. The molecule has 6 rings (SSSR count). The summed E-state index contributed by atoms with van der Waals surface area (Å²) in [5, 5.41) is 3.37. The van der Waals surface area contributed by atoms with Crippen molar-refractivity contribution in [3.63, 3.8) is 0 Å². The Morgan fingerprint density at radius 2 is 1.89 bits per heavy atom. The third-order valence-corrected chi connectivity index (χ3v) is 6.85. The van der Waals surface area contributed by atoms with Gasteiger partial charge >= 0.3 is 0 Å². The molecule has 5 heterocycles. The van der Waals surface area contributed by atoms with Gasteiger partial charge in [0, 0.05) is 13.1 Å². The van der Waals surface area contributed by atoms with Gasteiger partial charge in [0.1, 0.15) is 24.1 Å². The number of fused-ring (bicyclic) bond motifs is 3. The molecule has 0 aliphatic carbocycles. The Morgan fingerprint density at radius 3 is 2.64 bits per heavy atom. The van der Waals surface area contributed by atoms with E-state index in [1.54, 1.807) is 30.6 Å². The molecule has 2 fully saturated rings. The highest BCUT2D eigenvalue weighted by atomic mass is 16.8. The molecular weight excluding hydrogens is 466 g/mol. The van der Waals surface area contributed by atoms with Crippen molar-refractivity contribution in [2.45, 2.75) is 44.0 Å². The lowest BCUT2D eigenvalue weighted by molar-refractivity contribution is -0.204. The molecule has 3 aliphatic rings. The normalized spacial score (nSPS) is 26.7. The zero-order chi connectivity index (χ0) is 25.1. The average molecular weight is 494 g/mol. The first-order valence-corrected chi connectivity index (χ1v) is 11.9. The molecule has 0 spiro atoms. The molecular formula is C24H27N7O5. The van der Waals surface area contributed by atoms with Gasteiger partial charge in [-0.3, -0.25) is 19.1 Å². The maximum atomic E-state index is 12.5. The predicted molar refractivity (Wildman–Crippen MR) is 127 cm³/mol. The van der Waals surface area contributed by atoms with E-state index < -0.39 is 17.6 Å². The van der Waals surface area contributed by atoms with Crippen LogP contribution in [-0.2, 0) is 19.9 Å². The standard InChI is InChI=1S/C24H27N7O5/c1-23(2)35-18-16(10-26-8-5-9-30-21(32)14-6-3-4-7-15(14)22(30)33)34-11-24(18,36-23)31-13-29-17-19(25)27-12-28-20(17)31/h3-4,6-7,12-13,16,18,26H,5,8-11H2,1-2H3,(H2,25,27,28)/t16-,18-,24-/m1/s1. The fourth-order valence-corrected chi connectivity index (χ4v) is 5.30. The average Bonchev–Trinajstić information content (AvgIpc) is 3.56. The minimum atomic E-state index is -0.953. The third-order valence-electron chi connectivity index (χ3n) is 6.85. The van der Waals surface area contributed by atoms with Gasteiger partial charge in [-0.25, -0.2) is 15.0 Å². The monoisotopic (exact) mass is 493 g/mol. The molecule has 1 aromatic carbocycles. The summed E-state index contributed by atoms with van der Waals surface area (Å²) in [5.74, 6) is -1.03. The number of amides is 2. The van der Waals surface area contributed by atoms with E-state index in [1.807, 2.05) is 18.4 Å². The van der Waals surface area contributed by atoms with E-state index in [0.29, 0.717) is 54.2 Å². The van der Waals surface area contributed by atoms with Crippen molar-refractivity contribution in [1.29, 1.82) is 0 Å². The largest absolute Gasteiger partial charge is 0.382 e. The van der Waals surface area contributed by atoms with Crippen LogP contribution in [0.15, 0.2) is 36.9 Å². The highest BCUT2D eigenvalue weighted by molar-refractivity contribution is 6.21. The van der Waals surface area contributed by atoms with E-state index in [4.69, 9.17) is 19.9 Å². The molecule has 3 atom stereocenters. The van der Waals surface area contributed by atoms with Gasteiger partial charge in [-0.05, 0) is 38.9 Å². The lowest BCUT2D eigenvalue weighted by atomic mass is 10.1. The fourth-order valence-electron chi connectivity index (χ4n) is 5.30. The number of carbonyl (C=O) groups excluding carboxylic acids is 2. The molecule has 0 radical (unpaired) electrons. The van der Waals surface area contributed by atoms with Crippen molar-refractivity contribution in [2.75, 3.05) is 32.0 Å². The zero-order valence-corrected chi connectivity index (χ0v) is 20.0. The number of benzene rings is 1. The molecule has 3 aromatic rings. The number of hydrogen-bond acceptors (Lipinski definition) is 10. The lowest BCUT2D eigenvalue weighted by Crippen LogP contribution is -2.46. The molecule has 0 bridgehead atoms. The number of imidazole rings is 1. The number of nitrogens with zero attached hydrogens (tertiary/aromatic N) is 5. The summed E-state index contributed by atoms with van der Waals surface area (Å²) in [4.78, 5) is 39.2. The number of hydrogen-bond donors (Lipinski definition) is 2. The molecule has 12 nitrogen and oxygen atoms in total. The molecule has 2 aromatic heterocycles. The Kier molecular flexibility index (Phi) is 5.30. The van der Waals surface area contributed by atoms with Gasteiger partial charge in [0.25, 0.3) is 11.8 Å². The highest BCUT2D eigenvalue weighted by Crippen LogP contribution is 2.47. The molecule has 3 N–H and O–H groups in total. The van der Waals surface area contributed by atoms with Crippen LogP contribution in [0.3, 0.4) is 0 Å². The van der Waals surface area contributed by atoms with Gasteiger partial charge < -0.3 is 25.3 Å².